The molecule has 7 unspecified atom stereocenters. The third-order valence-corrected chi connectivity index (χ3v) is 11.8. The van der Waals surface area contributed by atoms with E-state index in [9.17, 15) is 36.4 Å². The van der Waals surface area contributed by atoms with Crippen LogP contribution in [0.4, 0.5) is 13.6 Å². The van der Waals surface area contributed by atoms with Crippen LogP contribution in [0, 0.1) is 17.8 Å². The predicted molar refractivity (Wildman–Crippen MR) is 178 cm³/mol. The molecule has 3 N–H and O–H groups in total. The fourth-order valence-corrected chi connectivity index (χ4v) is 8.07. The number of rotatable bonds is 8. The van der Waals surface area contributed by atoms with Crippen molar-refractivity contribution in [1.29, 1.82) is 0 Å². The Morgan fingerprint density at radius 3 is 2.56 bits per heavy atom. The van der Waals surface area contributed by atoms with Crippen LogP contribution in [0.1, 0.15) is 72.6 Å². The number of carbonyl (C=O) groups is 4. The largest absolute Gasteiger partial charge is 0.472 e. The van der Waals surface area contributed by atoms with Gasteiger partial charge in [0.25, 0.3) is 12.3 Å². The summed E-state index contributed by atoms with van der Waals surface area (Å²) >= 11 is 6.11. The lowest BCUT2D eigenvalue weighted by molar-refractivity contribution is -0.142. The molecule has 1 aromatic rings. The minimum atomic E-state index is -3.93. The van der Waals surface area contributed by atoms with E-state index in [2.05, 4.69) is 20.3 Å². The number of ether oxygens (including phenoxy) is 2. The van der Waals surface area contributed by atoms with Crippen LogP contribution in [0.15, 0.2) is 30.5 Å². The smallest absolute Gasteiger partial charge is 0.408 e. The van der Waals surface area contributed by atoms with Gasteiger partial charge in [-0.25, -0.2) is 27.0 Å². The molecule has 17 heteroatoms. The zero-order valence-electron chi connectivity index (χ0n) is 28.4. The molecule has 2 aliphatic heterocycles. The number of nitrogens with zero attached hydrogens (tertiary/aromatic N) is 2. The third kappa shape index (κ3) is 8.67. The molecule has 0 bridgehead atoms. The SMILES string of the molecule is CC1CCC=CC2CC2(C(=O)NS(=O)(=O)C2CC2)NC(=O)C2CC(Oc3cc(Cl)ccn3)CN2C(=O)C(NC(=O)OC(C)(C)C(F)F)C(C)C1. The first-order valence-corrected chi connectivity index (χ1v) is 18.8. The molecule has 1 aromatic heterocycles. The lowest BCUT2D eigenvalue weighted by Gasteiger charge is -2.33. The van der Waals surface area contributed by atoms with Crippen molar-refractivity contribution in [3.63, 3.8) is 0 Å². The number of fused-ring (bicyclic) bond motifs is 2. The summed E-state index contributed by atoms with van der Waals surface area (Å²) in [5, 5.41) is 4.95. The van der Waals surface area contributed by atoms with E-state index in [1.165, 1.54) is 17.2 Å². The summed E-state index contributed by atoms with van der Waals surface area (Å²) < 4.78 is 65.8. The Balaban J connectivity index is 1.47. The molecular weight excluding hydrogens is 700 g/mol. The fraction of sp³-hybridized carbons (Fsp3) is 0.667. The standard InChI is InChI=1S/C33H44ClF2N5O8S/c1-18-7-5-6-8-20-16-33(20,30(44)40-50(46,47)23-9-10-23)39-27(42)24-15-22(48-25-14-21(34)11-12-37-25)17-41(24)28(43)26(19(2)13-18)38-31(45)49-32(3,4)29(35)36/h6,8,11-12,14,18-20,22-24,26,29H,5,7,9-10,13,15-17H2,1-4H3,(H,38,45)(H,39,42)(H,40,44). The van der Waals surface area contributed by atoms with Crippen molar-refractivity contribution < 1.29 is 45.9 Å². The average Bonchev–Trinajstić information content (AvgIpc) is 3.94. The minimum Gasteiger partial charge on any atom is -0.472 e. The highest BCUT2D eigenvalue weighted by molar-refractivity contribution is 7.91. The average molecular weight is 744 g/mol. The molecule has 276 valence electrons. The van der Waals surface area contributed by atoms with Gasteiger partial charge in [-0.1, -0.05) is 37.6 Å². The van der Waals surface area contributed by atoms with Gasteiger partial charge in [0.1, 0.15) is 23.7 Å². The maximum absolute atomic E-state index is 14.5. The number of carbonyl (C=O) groups excluding carboxylic acids is 4. The molecule has 4 amide bonds. The van der Waals surface area contributed by atoms with Gasteiger partial charge in [-0.2, -0.15) is 0 Å². The lowest BCUT2D eigenvalue weighted by Crippen LogP contribution is -2.59. The molecule has 0 aromatic carbocycles. The molecule has 4 aliphatic rings. The molecule has 13 nitrogen and oxygen atoms in total. The number of aromatic nitrogens is 1. The molecule has 5 rings (SSSR count). The molecule has 50 heavy (non-hydrogen) atoms. The Labute approximate surface area is 295 Å². The maximum Gasteiger partial charge on any atom is 0.408 e. The molecule has 2 saturated carbocycles. The first kappa shape index (κ1) is 37.7. The predicted octanol–water partition coefficient (Wildman–Crippen LogP) is 3.72. The van der Waals surface area contributed by atoms with E-state index in [0.29, 0.717) is 37.1 Å². The van der Waals surface area contributed by atoms with Gasteiger partial charge in [0.05, 0.1) is 11.8 Å². The molecule has 1 saturated heterocycles. The summed E-state index contributed by atoms with van der Waals surface area (Å²) in [6.07, 6.45) is 2.81. The van der Waals surface area contributed by atoms with Crippen molar-refractivity contribution in [2.45, 2.75) is 114 Å². The van der Waals surface area contributed by atoms with Crippen LogP contribution in [0.2, 0.25) is 5.02 Å². The summed E-state index contributed by atoms with van der Waals surface area (Å²) in [6, 6.07) is 0.502. The van der Waals surface area contributed by atoms with Gasteiger partial charge in [0, 0.05) is 29.6 Å². The molecule has 0 spiro atoms. The summed E-state index contributed by atoms with van der Waals surface area (Å²) in [5.74, 6) is -3.09. The van der Waals surface area contributed by atoms with Crippen LogP contribution in [-0.4, -0.2) is 89.7 Å². The highest BCUT2D eigenvalue weighted by Gasteiger charge is 2.62. The number of allylic oxidation sites excluding steroid dienone is 1. The molecule has 2 aliphatic carbocycles. The van der Waals surface area contributed by atoms with Gasteiger partial charge in [0.2, 0.25) is 27.7 Å². The monoisotopic (exact) mass is 743 g/mol. The van der Waals surface area contributed by atoms with E-state index in [-0.39, 0.29) is 31.2 Å². The zero-order chi connectivity index (χ0) is 36.6. The van der Waals surface area contributed by atoms with E-state index in [1.54, 1.807) is 19.1 Å². The van der Waals surface area contributed by atoms with Gasteiger partial charge in [-0.15, -0.1) is 0 Å². The highest BCUT2D eigenvalue weighted by atomic mass is 35.5. The second-order valence-electron chi connectivity index (χ2n) is 14.5. The Kier molecular flexibility index (Phi) is 11.0. The van der Waals surface area contributed by atoms with Gasteiger partial charge in [-0.3, -0.25) is 19.1 Å². The first-order chi connectivity index (χ1) is 23.4. The molecular formula is C33H44ClF2N5O8S. The zero-order valence-corrected chi connectivity index (χ0v) is 29.9. The Morgan fingerprint density at radius 1 is 1.18 bits per heavy atom. The summed E-state index contributed by atoms with van der Waals surface area (Å²) in [5.41, 5.74) is -3.71. The maximum atomic E-state index is 14.5. The number of alkyl halides is 2. The normalized spacial score (nSPS) is 30.7. The molecule has 0 radical (unpaired) electrons. The molecule has 3 heterocycles. The van der Waals surface area contributed by atoms with Crippen LogP contribution in [-0.2, 0) is 29.1 Å². The topological polar surface area (TPSA) is 173 Å². The van der Waals surface area contributed by atoms with Crippen molar-refractivity contribution >= 4 is 45.4 Å². The number of hydrogen-bond acceptors (Lipinski definition) is 9. The number of halogens is 3. The van der Waals surface area contributed by atoms with Gasteiger partial charge in [-0.05, 0) is 70.3 Å². The van der Waals surface area contributed by atoms with E-state index in [0.717, 1.165) is 13.8 Å². The number of amides is 4. The Hall–Kier alpha value is -3.53. The van der Waals surface area contributed by atoms with Gasteiger partial charge in [0.15, 0.2) is 5.60 Å². The summed E-state index contributed by atoms with van der Waals surface area (Å²) in [7, 11) is -3.93. The summed E-state index contributed by atoms with van der Waals surface area (Å²) in [6.45, 7) is 5.69. The Bertz CT molecular complexity index is 1630. The van der Waals surface area contributed by atoms with E-state index in [4.69, 9.17) is 21.1 Å². The van der Waals surface area contributed by atoms with Crippen molar-refractivity contribution in [2.24, 2.45) is 17.8 Å². The number of hydrogen-bond donors (Lipinski definition) is 3. The van der Waals surface area contributed by atoms with Crippen molar-refractivity contribution in [3.8, 4) is 5.88 Å². The second kappa shape index (κ2) is 14.6. The Morgan fingerprint density at radius 2 is 1.90 bits per heavy atom. The van der Waals surface area contributed by atoms with Crippen molar-refractivity contribution in [2.75, 3.05) is 6.54 Å². The summed E-state index contributed by atoms with van der Waals surface area (Å²) in [4.78, 5) is 60.6. The quantitative estimate of drug-likeness (QED) is 0.336. The number of pyridine rings is 1. The third-order valence-electron chi connectivity index (χ3n) is 9.76. The van der Waals surface area contributed by atoms with Crippen LogP contribution in [0.25, 0.3) is 0 Å². The fourth-order valence-electron chi connectivity index (χ4n) is 6.56. The first-order valence-electron chi connectivity index (χ1n) is 16.8. The number of alkyl carbamates (subject to hydrolysis) is 1. The number of nitrogens with one attached hydrogen (secondary N) is 3. The van der Waals surface area contributed by atoms with E-state index < -0.39 is 86.7 Å². The van der Waals surface area contributed by atoms with Crippen LogP contribution < -0.4 is 20.1 Å². The van der Waals surface area contributed by atoms with E-state index in [1.807, 2.05) is 13.0 Å². The second-order valence-corrected chi connectivity index (χ2v) is 16.9. The van der Waals surface area contributed by atoms with Gasteiger partial charge >= 0.3 is 6.09 Å². The molecule has 3 fully saturated rings. The van der Waals surface area contributed by atoms with Crippen molar-refractivity contribution in [1.82, 2.24) is 25.2 Å². The van der Waals surface area contributed by atoms with Crippen LogP contribution >= 0.6 is 11.6 Å². The van der Waals surface area contributed by atoms with Gasteiger partial charge < -0.3 is 25.0 Å². The van der Waals surface area contributed by atoms with Crippen LogP contribution in [0.3, 0.4) is 0 Å². The minimum absolute atomic E-state index is 0.0421. The van der Waals surface area contributed by atoms with Crippen molar-refractivity contribution in [3.05, 3.63) is 35.5 Å². The lowest BCUT2D eigenvalue weighted by atomic mass is 9.88. The van der Waals surface area contributed by atoms with Crippen LogP contribution in [0.5, 0.6) is 5.88 Å². The molecule has 7 atom stereocenters. The van der Waals surface area contributed by atoms with E-state index >= 15 is 0 Å². The number of sulfonamides is 1. The highest BCUT2D eigenvalue weighted by Crippen LogP contribution is 2.46.